The average Bonchev–Trinajstić information content (AvgIpc) is 4.26. The van der Waals surface area contributed by atoms with E-state index in [4.69, 9.17) is 73.9 Å². The number of nitrogens with one attached hydrogen (secondary N) is 2. The molecule has 0 bridgehead atoms. The molecule has 2 aliphatic rings. The summed E-state index contributed by atoms with van der Waals surface area (Å²) in [6.45, 7) is 17.1. The lowest BCUT2D eigenvalue weighted by atomic mass is 10.1. The number of amides is 2. The average molecular weight is 1200 g/mol. The molecule has 456 valence electrons. The Balaban J connectivity index is 0.920. The number of hydrogen-bond acceptors (Lipinski definition) is 18. The van der Waals surface area contributed by atoms with Crippen LogP contribution in [0.1, 0.15) is 54.4 Å². The Morgan fingerprint density at radius 2 is 0.798 bits per heavy atom. The second kappa shape index (κ2) is 32.7. The van der Waals surface area contributed by atoms with Gasteiger partial charge in [0.05, 0.1) is 13.2 Å². The van der Waals surface area contributed by atoms with Gasteiger partial charge >= 0.3 is 29.8 Å². The first-order chi connectivity index (χ1) is 41.0. The second-order valence-electron chi connectivity index (χ2n) is 19.8. The fourth-order valence-corrected chi connectivity index (χ4v) is 14.6. The Hall–Kier alpha value is -6.45. The summed E-state index contributed by atoms with van der Waals surface area (Å²) in [6, 6.07) is 35.5. The highest BCUT2D eigenvalue weighted by Crippen LogP contribution is 2.32. The van der Waals surface area contributed by atoms with E-state index in [1.54, 1.807) is 0 Å². The van der Waals surface area contributed by atoms with E-state index in [0.29, 0.717) is 127 Å². The van der Waals surface area contributed by atoms with Gasteiger partial charge in [-0.3, -0.25) is 0 Å². The summed E-state index contributed by atoms with van der Waals surface area (Å²) in [5.41, 5.74) is 0. The quantitative estimate of drug-likeness (QED) is 0.0208. The molecule has 20 nitrogen and oxygen atoms in total. The molecule has 2 N–H and O–H groups in total. The second-order valence-corrected chi connectivity index (χ2v) is 25.3. The highest BCUT2D eigenvalue weighted by atomic mass is 28.4. The summed E-state index contributed by atoms with van der Waals surface area (Å²) in [6.07, 6.45) is -1.56. The smallest absolute Gasteiger partial charge is 0.490 e. The molecule has 8 rings (SSSR count). The topological polar surface area (TPSA) is 212 Å². The van der Waals surface area contributed by atoms with Crippen LogP contribution in [0.15, 0.2) is 109 Å². The predicted molar refractivity (Wildman–Crippen MR) is 321 cm³/mol. The molecule has 2 saturated heterocycles. The van der Waals surface area contributed by atoms with E-state index in [-0.39, 0.29) is 38.6 Å². The van der Waals surface area contributed by atoms with E-state index in [1.165, 1.54) is 0 Å². The van der Waals surface area contributed by atoms with E-state index >= 15 is 0 Å². The maximum atomic E-state index is 13.4. The van der Waals surface area contributed by atoms with Crippen molar-refractivity contribution in [3.8, 4) is 34.5 Å². The first-order valence-corrected chi connectivity index (χ1v) is 33.2. The van der Waals surface area contributed by atoms with Crippen molar-refractivity contribution >= 4 is 62.1 Å². The van der Waals surface area contributed by atoms with Crippen molar-refractivity contribution in [3.63, 3.8) is 0 Å². The van der Waals surface area contributed by atoms with Crippen molar-refractivity contribution in [2.75, 3.05) is 106 Å². The summed E-state index contributed by atoms with van der Waals surface area (Å²) in [5.74, 6) is 3.72. The molecule has 4 atom stereocenters. The monoisotopic (exact) mass is 1200 g/mol. The molecule has 0 saturated carbocycles. The molecule has 22 heteroatoms. The van der Waals surface area contributed by atoms with Gasteiger partial charge in [-0.25, -0.2) is 9.59 Å². The molecular weight excluding hydrogens is 1120 g/mol. The summed E-state index contributed by atoms with van der Waals surface area (Å²) in [5, 5.41) is 11.2. The van der Waals surface area contributed by atoms with Crippen molar-refractivity contribution in [3.05, 3.63) is 109 Å². The largest absolute Gasteiger partial charge is 0.500 e. The lowest BCUT2D eigenvalue weighted by molar-refractivity contribution is 0.0354. The lowest BCUT2D eigenvalue weighted by Crippen LogP contribution is -2.46. The number of fused-ring (bicyclic) bond motifs is 3. The van der Waals surface area contributed by atoms with Gasteiger partial charge < -0.3 is 84.6 Å². The van der Waals surface area contributed by atoms with Gasteiger partial charge in [0.15, 0.2) is 12.2 Å². The summed E-state index contributed by atoms with van der Waals surface area (Å²) in [7, 11) is -5.81. The zero-order chi connectivity index (χ0) is 59.0. The Morgan fingerprint density at radius 1 is 0.452 bits per heavy atom. The van der Waals surface area contributed by atoms with Crippen molar-refractivity contribution in [2.45, 2.75) is 90.9 Å². The van der Waals surface area contributed by atoms with Crippen molar-refractivity contribution in [2.24, 2.45) is 0 Å². The van der Waals surface area contributed by atoms with Gasteiger partial charge in [-0.1, -0.05) is 36.4 Å². The Kier molecular flexibility index (Phi) is 24.8. The molecule has 4 unspecified atom stereocenters. The molecule has 0 radical (unpaired) electrons. The third-order valence-electron chi connectivity index (χ3n) is 13.4. The molecule has 2 fully saturated rings. The van der Waals surface area contributed by atoms with Crippen LogP contribution >= 0.6 is 0 Å². The van der Waals surface area contributed by atoms with Crippen LogP contribution in [-0.2, 0) is 45.5 Å². The standard InChI is InChI=1S/C62H82N2O18Si2/c1-7-75-83(76-8-2,77-9-3)31-15-29-63-61(65)81-55(43-69-51-25-27-57-46(33-51)17-13-19-59(57)73-39-53-37-71-53)41-67-49-23-21-45-22-24-50(36-48(45)35-49)68-42-56(82-62(66)64-30-16-32-84(78-10-4,79-11-5)80-12-6)44-70-52-26-28-58-47(34-52)18-14-20-60(58)74-40-54-38-72-54/h13-14,17-28,33-36,53-56H,7-12,15-16,29-32,37-44H2,1-6H3,(H,63,65)(H,64,66). The summed E-state index contributed by atoms with van der Waals surface area (Å²) in [4.78, 5) is 26.9. The van der Waals surface area contributed by atoms with Crippen molar-refractivity contribution in [1.29, 1.82) is 0 Å². The van der Waals surface area contributed by atoms with E-state index in [0.717, 1.165) is 43.8 Å². The SMILES string of the molecule is CCO[Si](CCCNC(=O)OC(COc1ccc2ccc(OCC(COc3ccc4c(OCC5CO5)cccc4c3)OC(=O)NCCC[Si](OCC)(OCC)OCC)cc2c1)COc1ccc2c(OCC3CO3)cccc2c1)(OCC)OCC. The maximum absolute atomic E-state index is 13.4. The van der Waals surface area contributed by atoms with E-state index in [9.17, 15) is 9.59 Å². The van der Waals surface area contributed by atoms with Gasteiger partial charge in [0.25, 0.3) is 0 Å². The molecule has 2 aliphatic heterocycles. The molecule has 0 aliphatic carbocycles. The number of carbonyl (C=O) groups is 2. The van der Waals surface area contributed by atoms with Crippen LogP contribution < -0.4 is 39.1 Å². The fourth-order valence-electron chi connectivity index (χ4n) is 9.34. The number of carbonyl (C=O) groups excluding carboxylic acids is 2. The molecule has 2 amide bonds. The van der Waals surface area contributed by atoms with Gasteiger partial charge in [0, 0.05) is 75.6 Å². The first kappa shape index (κ1) is 63.6. The van der Waals surface area contributed by atoms with Crippen LogP contribution in [0.4, 0.5) is 9.59 Å². The fraction of sp³-hybridized carbons (Fsp3) is 0.484. The number of benzene rings is 6. The van der Waals surface area contributed by atoms with E-state index < -0.39 is 42.0 Å². The zero-order valence-corrected chi connectivity index (χ0v) is 51.2. The number of ether oxygens (including phenoxy) is 10. The number of alkyl carbamates (subject to hydrolysis) is 2. The Bertz CT molecular complexity index is 2770. The third-order valence-corrected chi connectivity index (χ3v) is 19.7. The van der Waals surface area contributed by atoms with Crippen molar-refractivity contribution < 1.29 is 83.5 Å². The Labute approximate surface area is 494 Å². The van der Waals surface area contributed by atoms with Gasteiger partial charge in [-0.2, -0.15) is 0 Å². The van der Waals surface area contributed by atoms with Gasteiger partial charge in [0.1, 0.15) is 86.3 Å². The summed E-state index contributed by atoms with van der Waals surface area (Å²) >= 11 is 0. The molecular formula is C62H82N2O18Si2. The minimum atomic E-state index is -2.90. The van der Waals surface area contributed by atoms with Gasteiger partial charge in [0.2, 0.25) is 0 Å². The zero-order valence-electron chi connectivity index (χ0n) is 49.2. The number of epoxide rings is 2. The van der Waals surface area contributed by atoms with E-state index in [2.05, 4.69) is 10.6 Å². The lowest BCUT2D eigenvalue weighted by Gasteiger charge is -2.28. The van der Waals surface area contributed by atoms with Crippen LogP contribution in [0, 0.1) is 0 Å². The highest BCUT2D eigenvalue weighted by molar-refractivity contribution is 6.61. The number of hydrogen-bond donors (Lipinski definition) is 2. The molecule has 6 aromatic carbocycles. The van der Waals surface area contributed by atoms with E-state index in [1.807, 2.05) is 151 Å². The molecule has 6 aromatic rings. The van der Waals surface area contributed by atoms with Crippen LogP contribution in [0.3, 0.4) is 0 Å². The van der Waals surface area contributed by atoms with Crippen LogP contribution in [0.25, 0.3) is 32.3 Å². The van der Waals surface area contributed by atoms with Crippen LogP contribution in [0.5, 0.6) is 34.5 Å². The minimum absolute atomic E-state index is 0.00891. The first-order valence-electron chi connectivity index (χ1n) is 29.4. The Morgan fingerprint density at radius 3 is 1.14 bits per heavy atom. The van der Waals surface area contributed by atoms with Crippen molar-refractivity contribution in [1.82, 2.24) is 10.6 Å². The molecule has 84 heavy (non-hydrogen) atoms. The molecule has 0 spiro atoms. The highest BCUT2D eigenvalue weighted by Gasteiger charge is 2.41. The molecule has 2 heterocycles. The molecule has 0 aromatic heterocycles. The minimum Gasteiger partial charge on any atom is -0.490 e. The summed E-state index contributed by atoms with van der Waals surface area (Å²) < 4.78 is 96.0. The predicted octanol–water partition coefficient (Wildman–Crippen LogP) is 10.7. The normalized spacial score (nSPS) is 15.5. The third kappa shape index (κ3) is 19.8. The van der Waals surface area contributed by atoms with Crippen LogP contribution in [-0.4, -0.2) is 160 Å². The number of rotatable bonds is 40. The van der Waals surface area contributed by atoms with Gasteiger partial charge in [-0.15, -0.1) is 0 Å². The van der Waals surface area contributed by atoms with Gasteiger partial charge in [-0.05, 0) is 149 Å². The maximum Gasteiger partial charge on any atom is 0.500 e. The van der Waals surface area contributed by atoms with Crippen LogP contribution in [0.2, 0.25) is 12.1 Å².